The molecule has 0 aliphatic rings. The van der Waals surface area contributed by atoms with Gasteiger partial charge in [-0.25, -0.2) is 0 Å². The van der Waals surface area contributed by atoms with Crippen molar-refractivity contribution in [3.05, 3.63) is 24.0 Å². The van der Waals surface area contributed by atoms with Crippen LogP contribution in [0.25, 0.3) is 0 Å². The van der Waals surface area contributed by atoms with Crippen molar-refractivity contribution in [2.24, 2.45) is 0 Å². The van der Waals surface area contributed by atoms with Crippen LogP contribution in [-0.4, -0.2) is 27.7 Å². The fourth-order valence-electron chi connectivity index (χ4n) is 0.916. The second-order valence-corrected chi connectivity index (χ2v) is 4.20. The molecule has 1 aromatic rings. The Bertz CT molecular complexity index is 233. The van der Waals surface area contributed by atoms with Crippen molar-refractivity contribution in [1.29, 1.82) is 0 Å². The molecule has 3 nitrogen and oxygen atoms in total. The molecular weight excluding hydrogens is 172 g/mol. The summed E-state index contributed by atoms with van der Waals surface area (Å²) in [5, 5.41) is 3.19. The molecule has 0 radical (unpaired) electrons. The topological polar surface area (TPSA) is 44.9 Å². The Balaban J connectivity index is 2.07. The van der Waals surface area contributed by atoms with E-state index in [4.69, 9.17) is 0 Å². The monoisotopic (exact) mass is 186 g/mol. The number of rotatable bonds is 5. The second-order valence-electron chi connectivity index (χ2n) is 2.65. The highest BCUT2D eigenvalue weighted by Gasteiger charge is 1.92. The van der Waals surface area contributed by atoms with Crippen molar-refractivity contribution in [3.63, 3.8) is 0 Å². The third kappa shape index (κ3) is 3.69. The minimum atomic E-state index is -0.687. The lowest BCUT2D eigenvalue weighted by molar-refractivity contribution is 0.674. The first-order valence-electron chi connectivity index (χ1n) is 3.92. The number of hydrogen-bond acceptors (Lipinski definition) is 2. The summed E-state index contributed by atoms with van der Waals surface area (Å²) in [7, 11) is -0.687. The highest BCUT2D eigenvalue weighted by atomic mass is 32.2. The zero-order valence-corrected chi connectivity index (χ0v) is 7.99. The molecule has 2 N–H and O–H groups in total. The van der Waals surface area contributed by atoms with Crippen LogP contribution in [-0.2, 0) is 17.3 Å². The maximum absolute atomic E-state index is 10.7. The highest BCUT2D eigenvalue weighted by Crippen LogP contribution is 1.91. The van der Waals surface area contributed by atoms with Gasteiger partial charge in [-0.1, -0.05) is 0 Å². The molecule has 68 valence electrons. The molecule has 0 aliphatic carbocycles. The summed E-state index contributed by atoms with van der Waals surface area (Å²) < 4.78 is 10.7. The molecule has 1 unspecified atom stereocenters. The number of aromatic amines is 1. The Morgan fingerprint density at radius 3 is 3.08 bits per heavy atom. The number of hydrogen-bond donors (Lipinski definition) is 2. The minimum Gasteiger partial charge on any atom is -0.364 e. The molecule has 4 heteroatoms. The first kappa shape index (κ1) is 9.48. The van der Waals surface area contributed by atoms with Crippen LogP contribution in [0.3, 0.4) is 0 Å². The predicted octanol–water partition coefficient (Wildman–Crippen LogP) is 0.483. The summed E-state index contributed by atoms with van der Waals surface area (Å²) in [6, 6.07) is 3.99. The first-order valence-corrected chi connectivity index (χ1v) is 5.65. The van der Waals surface area contributed by atoms with E-state index in [-0.39, 0.29) is 0 Å². The van der Waals surface area contributed by atoms with E-state index < -0.39 is 10.8 Å². The minimum absolute atomic E-state index is 0.687. The van der Waals surface area contributed by atoms with Gasteiger partial charge in [-0.05, 0) is 12.1 Å². The molecule has 0 saturated carbocycles. The van der Waals surface area contributed by atoms with Crippen molar-refractivity contribution in [2.75, 3.05) is 18.6 Å². The van der Waals surface area contributed by atoms with E-state index in [9.17, 15) is 4.21 Å². The van der Waals surface area contributed by atoms with E-state index in [1.54, 1.807) is 6.26 Å². The Labute approximate surface area is 75.0 Å². The molecule has 0 amide bonds. The molecule has 12 heavy (non-hydrogen) atoms. The van der Waals surface area contributed by atoms with Gasteiger partial charge < -0.3 is 10.3 Å². The van der Waals surface area contributed by atoms with Gasteiger partial charge in [-0.15, -0.1) is 0 Å². The summed E-state index contributed by atoms with van der Waals surface area (Å²) in [5.41, 5.74) is 1.16. The maximum atomic E-state index is 10.7. The van der Waals surface area contributed by atoms with Crippen molar-refractivity contribution in [3.8, 4) is 0 Å². The van der Waals surface area contributed by atoms with Crippen molar-refractivity contribution < 1.29 is 4.21 Å². The Hall–Kier alpha value is -0.610. The average molecular weight is 186 g/mol. The zero-order chi connectivity index (χ0) is 8.81. The summed E-state index contributed by atoms with van der Waals surface area (Å²) in [6.07, 6.45) is 3.62. The van der Waals surface area contributed by atoms with E-state index in [2.05, 4.69) is 10.3 Å². The van der Waals surface area contributed by atoms with E-state index in [0.717, 1.165) is 24.5 Å². The van der Waals surface area contributed by atoms with E-state index in [1.165, 1.54) is 0 Å². The molecule has 0 bridgehead atoms. The molecule has 0 aliphatic heterocycles. The Morgan fingerprint density at radius 1 is 1.67 bits per heavy atom. The van der Waals surface area contributed by atoms with Crippen molar-refractivity contribution in [1.82, 2.24) is 10.3 Å². The van der Waals surface area contributed by atoms with Crippen LogP contribution in [0.2, 0.25) is 0 Å². The summed E-state index contributed by atoms with van der Waals surface area (Å²) in [4.78, 5) is 3.09. The second kappa shape index (κ2) is 5.11. The summed E-state index contributed by atoms with van der Waals surface area (Å²) in [5.74, 6) is 0.723. The molecule has 0 saturated heterocycles. The summed E-state index contributed by atoms with van der Waals surface area (Å²) >= 11 is 0. The third-order valence-electron chi connectivity index (χ3n) is 1.54. The molecular formula is C8H14N2OS. The Kier molecular flexibility index (Phi) is 4.04. The Morgan fingerprint density at radius 2 is 2.50 bits per heavy atom. The van der Waals surface area contributed by atoms with E-state index in [1.807, 2.05) is 18.3 Å². The predicted molar refractivity (Wildman–Crippen MR) is 51.4 cm³/mol. The van der Waals surface area contributed by atoms with Gasteiger partial charge in [0.1, 0.15) is 0 Å². The van der Waals surface area contributed by atoms with Gasteiger partial charge in [-0.3, -0.25) is 4.21 Å². The number of H-pyrrole nitrogens is 1. The fraction of sp³-hybridized carbons (Fsp3) is 0.500. The standard InChI is InChI=1S/C8H14N2OS/c1-12(11)6-5-9-7-8-3-2-4-10-8/h2-4,9-10H,5-7H2,1H3. The normalized spacial score (nSPS) is 13.1. The van der Waals surface area contributed by atoms with Gasteiger partial charge in [0.15, 0.2) is 0 Å². The van der Waals surface area contributed by atoms with Crippen LogP contribution in [0, 0.1) is 0 Å². The van der Waals surface area contributed by atoms with Crippen molar-refractivity contribution >= 4 is 10.8 Å². The summed E-state index contributed by atoms with van der Waals surface area (Å²) in [6.45, 7) is 1.63. The van der Waals surface area contributed by atoms with Crippen LogP contribution in [0.5, 0.6) is 0 Å². The first-order chi connectivity index (χ1) is 5.79. The lowest BCUT2D eigenvalue weighted by Crippen LogP contribution is -2.19. The lowest BCUT2D eigenvalue weighted by Gasteiger charge is -2.00. The highest BCUT2D eigenvalue weighted by molar-refractivity contribution is 7.84. The third-order valence-corrected chi connectivity index (χ3v) is 2.32. The lowest BCUT2D eigenvalue weighted by atomic mass is 10.4. The van der Waals surface area contributed by atoms with Gasteiger partial charge in [0.05, 0.1) is 0 Å². The van der Waals surface area contributed by atoms with Gasteiger partial charge in [0.2, 0.25) is 0 Å². The fourth-order valence-corrected chi connectivity index (χ4v) is 1.35. The molecule has 1 atom stereocenters. The van der Waals surface area contributed by atoms with Gasteiger partial charge in [-0.2, -0.15) is 0 Å². The average Bonchev–Trinajstić information content (AvgIpc) is 2.49. The van der Waals surface area contributed by atoms with Crippen LogP contribution >= 0.6 is 0 Å². The molecule has 0 fully saturated rings. The van der Waals surface area contributed by atoms with Gasteiger partial charge in [0.25, 0.3) is 0 Å². The van der Waals surface area contributed by atoms with Crippen LogP contribution in [0.4, 0.5) is 0 Å². The SMILES string of the molecule is CS(=O)CCNCc1ccc[nH]1. The van der Waals surface area contributed by atoms with Crippen LogP contribution < -0.4 is 5.32 Å². The largest absolute Gasteiger partial charge is 0.364 e. The maximum Gasteiger partial charge on any atom is 0.0357 e. The van der Waals surface area contributed by atoms with Gasteiger partial charge >= 0.3 is 0 Å². The molecule has 1 heterocycles. The van der Waals surface area contributed by atoms with Crippen LogP contribution in [0.15, 0.2) is 18.3 Å². The number of aromatic nitrogens is 1. The van der Waals surface area contributed by atoms with Crippen LogP contribution in [0.1, 0.15) is 5.69 Å². The quantitative estimate of drug-likeness (QED) is 0.657. The molecule has 1 aromatic heterocycles. The molecule has 1 rings (SSSR count). The van der Waals surface area contributed by atoms with Gasteiger partial charge in [0, 0.05) is 47.8 Å². The smallest absolute Gasteiger partial charge is 0.0357 e. The molecule has 0 spiro atoms. The molecule has 0 aromatic carbocycles. The van der Waals surface area contributed by atoms with E-state index in [0.29, 0.717) is 0 Å². The zero-order valence-electron chi connectivity index (χ0n) is 7.17. The van der Waals surface area contributed by atoms with Crippen molar-refractivity contribution in [2.45, 2.75) is 6.54 Å². The van der Waals surface area contributed by atoms with E-state index >= 15 is 0 Å². The number of nitrogens with one attached hydrogen (secondary N) is 2.